The van der Waals surface area contributed by atoms with E-state index in [1.165, 1.54) is 16.8 Å². The highest BCUT2D eigenvalue weighted by Crippen LogP contribution is 2.46. The molecule has 0 aliphatic carbocycles. The SMILES string of the molecule is CC(C)c1cc(C(C)C)c(S(=O)(=O)Oc2ccn([C@@H]3O[C@H](CO[Si](C)(C)C(C)(C)C)[C@@H](O[Si](C)(C)C(C)(C)C)[C@@H]3O[Si](C)(C)C(C)(C)C)c(=O)n2)c(C(C)C)c1. The van der Waals surface area contributed by atoms with Gasteiger partial charge in [0.2, 0.25) is 5.88 Å². The van der Waals surface area contributed by atoms with Gasteiger partial charge in [0.25, 0.3) is 0 Å². The molecule has 0 bridgehead atoms. The Balaban J connectivity index is 2.19. The summed E-state index contributed by atoms with van der Waals surface area (Å²) in [6, 6.07) is 5.33. The molecule has 3 rings (SSSR count). The lowest BCUT2D eigenvalue weighted by molar-refractivity contribution is -0.0510. The zero-order valence-corrected chi connectivity index (χ0v) is 42.4. The summed E-state index contributed by atoms with van der Waals surface area (Å²) in [6.45, 7) is 45.3. The van der Waals surface area contributed by atoms with Crippen LogP contribution in [0.1, 0.15) is 145 Å². The Morgan fingerprint density at radius 2 is 1.18 bits per heavy atom. The number of benzene rings is 1. The summed E-state index contributed by atoms with van der Waals surface area (Å²) in [4.78, 5) is 18.5. The lowest BCUT2D eigenvalue weighted by Gasteiger charge is -2.44. The summed E-state index contributed by atoms with van der Waals surface area (Å²) < 4.78 is 63.5. The van der Waals surface area contributed by atoms with Gasteiger partial charge in [-0.15, -0.1) is 0 Å². The number of rotatable bonds is 14. The van der Waals surface area contributed by atoms with Crippen LogP contribution >= 0.6 is 0 Å². The van der Waals surface area contributed by atoms with Gasteiger partial charge >= 0.3 is 15.8 Å². The van der Waals surface area contributed by atoms with E-state index in [-0.39, 0.29) is 50.3 Å². The molecule has 14 heteroatoms. The molecule has 320 valence electrons. The fourth-order valence-corrected chi connectivity index (χ4v) is 11.0. The van der Waals surface area contributed by atoms with Gasteiger partial charge in [-0.05, 0) is 88.8 Å². The van der Waals surface area contributed by atoms with Gasteiger partial charge in [-0.3, -0.25) is 4.57 Å². The molecule has 1 aliphatic heterocycles. The van der Waals surface area contributed by atoms with Crippen molar-refractivity contribution in [2.24, 2.45) is 0 Å². The summed E-state index contributed by atoms with van der Waals surface area (Å²) in [5, 5.41) is -0.293. The molecular formula is C42H76N2O8SSi3. The average molecular weight is 853 g/mol. The second kappa shape index (κ2) is 16.8. The third-order valence-electron chi connectivity index (χ3n) is 12.8. The largest absolute Gasteiger partial charge is 0.414 e. The summed E-state index contributed by atoms with van der Waals surface area (Å²) in [6.07, 6.45) is -1.17. The molecule has 2 heterocycles. The Morgan fingerprint density at radius 1 is 0.732 bits per heavy atom. The predicted molar refractivity (Wildman–Crippen MR) is 236 cm³/mol. The quantitative estimate of drug-likeness (QED) is 0.135. The van der Waals surface area contributed by atoms with Gasteiger partial charge in [0.1, 0.15) is 23.2 Å². The van der Waals surface area contributed by atoms with Gasteiger partial charge in [-0.1, -0.05) is 116 Å². The van der Waals surface area contributed by atoms with Crippen LogP contribution in [0.4, 0.5) is 0 Å². The number of ether oxygens (including phenoxy) is 1. The van der Waals surface area contributed by atoms with Crippen molar-refractivity contribution in [1.29, 1.82) is 0 Å². The van der Waals surface area contributed by atoms with Crippen LogP contribution in [0, 0.1) is 0 Å². The second-order valence-corrected chi connectivity index (χ2v) is 37.1. The number of nitrogens with zero attached hydrogens (tertiary/aromatic N) is 2. The average Bonchev–Trinajstić information content (AvgIpc) is 3.32. The lowest BCUT2D eigenvalue weighted by Crippen LogP contribution is -2.54. The van der Waals surface area contributed by atoms with Crippen molar-refractivity contribution >= 4 is 35.1 Å². The van der Waals surface area contributed by atoms with Crippen LogP contribution in [0.5, 0.6) is 5.88 Å². The van der Waals surface area contributed by atoms with E-state index in [1.54, 1.807) is 0 Å². The van der Waals surface area contributed by atoms with Gasteiger partial charge in [0.15, 0.2) is 31.2 Å². The maximum atomic E-state index is 14.2. The molecule has 56 heavy (non-hydrogen) atoms. The van der Waals surface area contributed by atoms with Crippen LogP contribution in [0.25, 0.3) is 0 Å². The zero-order chi connectivity index (χ0) is 43.4. The Kier molecular flexibility index (Phi) is 14.6. The molecule has 1 aromatic carbocycles. The molecule has 1 fully saturated rings. The number of hydrogen-bond donors (Lipinski definition) is 0. The molecule has 1 saturated heterocycles. The van der Waals surface area contributed by atoms with Gasteiger partial charge < -0.3 is 22.2 Å². The first-order valence-corrected chi connectivity index (χ1v) is 30.5. The van der Waals surface area contributed by atoms with Crippen molar-refractivity contribution in [3.8, 4) is 5.88 Å². The van der Waals surface area contributed by atoms with E-state index in [4.69, 9.17) is 22.2 Å². The first-order valence-electron chi connectivity index (χ1n) is 20.4. The van der Waals surface area contributed by atoms with E-state index < -0.39 is 65.3 Å². The first kappa shape index (κ1) is 48.7. The van der Waals surface area contributed by atoms with E-state index in [1.807, 2.05) is 39.8 Å². The molecule has 0 saturated carbocycles. The Labute approximate surface area is 343 Å². The molecule has 10 nitrogen and oxygen atoms in total. The maximum absolute atomic E-state index is 14.2. The van der Waals surface area contributed by atoms with Gasteiger partial charge in [0.05, 0.1) is 6.61 Å². The van der Waals surface area contributed by atoms with E-state index in [2.05, 4.69) is 120 Å². The predicted octanol–water partition coefficient (Wildman–Crippen LogP) is 11.1. The monoisotopic (exact) mass is 852 g/mol. The smallest absolute Gasteiger partial charge is 0.353 e. The topological polar surface area (TPSA) is 115 Å². The molecule has 2 aromatic rings. The molecule has 1 aliphatic rings. The van der Waals surface area contributed by atoms with Crippen molar-refractivity contribution in [2.45, 2.75) is 205 Å². The van der Waals surface area contributed by atoms with Gasteiger partial charge in [0, 0.05) is 12.3 Å². The van der Waals surface area contributed by atoms with Crippen molar-refractivity contribution in [1.82, 2.24) is 9.55 Å². The summed E-state index contributed by atoms with van der Waals surface area (Å²) in [7, 11) is -11.5. The first-order chi connectivity index (χ1) is 25.0. The van der Waals surface area contributed by atoms with E-state index in [0.717, 1.165) is 5.56 Å². The highest BCUT2D eigenvalue weighted by Gasteiger charge is 2.55. The van der Waals surface area contributed by atoms with E-state index in [0.29, 0.717) is 11.1 Å². The minimum Gasteiger partial charge on any atom is -0.414 e. The van der Waals surface area contributed by atoms with Gasteiger partial charge in [-0.2, -0.15) is 13.4 Å². The van der Waals surface area contributed by atoms with Crippen molar-refractivity contribution in [3.63, 3.8) is 0 Å². The highest BCUT2D eigenvalue weighted by molar-refractivity contribution is 7.87. The Bertz CT molecular complexity index is 1820. The number of aromatic nitrogens is 2. The lowest BCUT2D eigenvalue weighted by atomic mass is 9.89. The molecule has 0 N–H and O–H groups in total. The molecule has 0 amide bonds. The molecular weight excluding hydrogens is 777 g/mol. The zero-order valence-electron chi connectivity index (χ0n) is 38.6. The third-order valence-corrected chi connectivity index (χ3v) is 27.6. The highest BCUT2D eigenvalue weighted by atomic mass is 32.2. The fourth-order valence-electron chi connectivity index (χ4n) is 5.84. The van der Waals surface area contributed by atoms with Crippen molar-refractivity contribution in [2.75, 3.05) is 6.61 Å². The maximum Gasteiger partial charge on any atom is 0.353 e. The van der Waals surface area contributed by atoms with Gasteiger partial charge in [-0.25, -0.2) is 4.79 Å². The second-order valence-electron chi connectivity index (χ2n) is 21.3. The number of hydrogen-bond acceptors (Lipinski definition) is 9. The Hall–Kier alpha value is -1.66. The molecule has 0 radical (unpaired) electrons. The molecule has 4 atom stereocenters. The van der Waals surface area contributed by atoms with Crippen molar-refractivity contribution in [3.05, 3.63) is 51.6 Å². The fraction of sp³-hybridized carbons (Fsp3) is 0.762. The minimum atomic E-state index is -4.38. The van der Waals surface area contributed by atoms with Crippen LogP contribution in [0.2, 0.25) is 54.4 Å². The van der Waals surface area contributed by atoms with E-state index in [9.17, 15) is 13.2 Å². The molecule has 0 unspecified atom stereocenters. The normalized spacial score (nSPS) is 20.8. The molecule has 0 spiro atoms. The van der Waals surface area contributed by atoms with E-state index >= 15 is 0 Å². The Morgan fingerprint density at radius 3 is 1.57 bits per heavy atom. The van der Waals surface area contributed by atoms with Crippen LogP contribution in [0.15, 0.2) is 34.1 Å². The van der Waals surface area contributed by atoms with Crippen molar-refractivity contribution < 1.29 is 30.6 Å². The third kappa shape index (κ3) is 10.7. The van der Waals surface area contributed by atoms with Crippen LogP contribution in [0.3, 0.4) is 0 Å². The molecule has 1 aromatic heterocycles. The standard InChI is InChI=1S/C42H76N2O8SSi3/c1-27(2)30-24-31(28(3)4)37(32(25-30)29(5)6)53(46,47)50-34-22-23-44(39(45)43-34)38-36(52-56(20,21)42(13,14)15)35(51-55(18,19)41(10,11)12)33(49-38)26-48-54(16,17)40(7,8)9/h22-25,27-29,33,35-36,38H,26H2,1-21H3/t33-,35-,36+,38-/m1/s1. The van der Waals surface area contributed by atoms with Crippen LogP contribution in [-0.2, 0) is 28.1 Å². The van der Waals surface area contributed by atoms with Crippen LogP contribution in [-0.4, -0.2) is 67.8 Å². The minimum absolute atomic E-state index is 0.0306. The summed E-state index contributed by atoms with van der Waals surface area (Å²) >= 11 is 0. The summed E-state index contributed by atoms with van der Waals surface area (Å²) in [5.74, 6) is -0.277. The summed E-state index contributed by atoms with van der Waals surface area (Å²) in [5.41, 5.74) is 1.70. The van der Waals surface area contributed by atoms with Crippen LogP contribution < -0.4 is 9.87 Å².